The lowest BCUT2D eigenvalue weighted by Crippen LogP contribution is -2.11. The Morgan fingerprint density at radius 1 is 0.350 bits per heavy atom. The van der Waals surface area contributed by atoms with E-state index in [9.17, 15) is 0 Å². The molecule has 0 unspecified atom stereocenters. The SMILES string of the molecule is Cc1ccc(N(c2ccc3cc4c(cc3c2)oc2c(C)c3oc5cc6cc(N(c7ccc(C)cc7)c7ccccc7C)ccc6cc5c3c(C)c24)c2ccccc2C)cc1. The maximum Gasteiger partial charge on any atom is 0.142 e. The summed E-state index contributed by atoms with van der Waals surface area (Å²) in [5, 5.41) is 9.13. The Morgan fingerprint density at radius 2 is 0.750 bits per heavy atom. The minimum Gasteiger partial charge on any atom is -0.456 e. The van der Waals surface area contributed by atoms with Crippen molar-refractivity contribution in [3.05, 3.63) is 191 Å². The van der Waals surface area contributed by atoms with Crippen LogP contribution in [0.1, 0.15) is 33.4 Å². The van der Waals surface area contributed by atoms with Gasteiger partial charge in [-0.2, -0.15) is 0 Å². The lowest BCUT2D eigenvalue weighted by Gasteiger charge is -2.27. The highest BCUT2D eigenvalue weighted by Crippen LogP contribution is 2.46. The van der Waals surface area contributed by atoms with Gasteiger partial charge in [-0.15, -0.1) is 0 Å². The Hall–Kier alpha value is -7.30. The van der Waals surface area contributed by atoms with Crippen LogP contribution < -0.4 is 9.80 Å². The topological polar surface area (TPSA) is 32.8 Å². The molecule has 11 rings (SSSR count). The fraction of sp³-hybridized carbons (Fsp3) is 0.107. The molecule has 0 saturated carbocycles. The van der Waals surface area contributed by atoms with Gasteiger partial charge in [0.05, 0.1) is 0 Å². The van der Waals surface area contributed by atoms with Crippen LogP contribution in [-0.2, 0) is 0 Å². The molecule has 290 valence electrons. The molecule has 0 fully saturated rings. The molecule has 11 aromatic rings. The van der Waals surface area contributed by atoms with Crippen LogP contribution in [0.2, 0.25) is 0 Å². The third kappa shape index (κ3) is 5.66. The normalized spacial score (nSPS) is 11.8. The van der Waals surface area contributed by atoms with Gasteiger partial charge in [0.2, 0.25) is 0 Å². The van der Waals surface area contributed by atoms with Crippen LogP contribution >= 0.6 is 0 Å². The number of hydrogen-bond acceptors (Lipinski definition) is 4. The predicted octanol–water partition coefficient (Wildman–Crippen LogP) is 16.6. The third-order valence-electron chi connectivity index (χ3n) is 12.5. The molecule has 2 aromatic heterocycles. The fourth-order valence-electron chi connectivity index (χ4n) is 9.30. The van der Waals surface area contributed by atoms with Crippen molar-refractivity contribution in [2.24, 2.45) is 0 Å². The van der Waals surface area contributed by atoms with E-state index in [1.807, 2.05) is 0 Å². The lowest BCUT2D eigenvalue weighted by molar-refractivity contribution is 0.651. The van der Waals surface area contributed by atoms with Gasteiger partial charge in [-0.3, -0.25) is 0 Å². The molecule has 0 amide bonds. The average molecular weight is 777 g/mol. The van der Waals surface area contributed by atoms with Crippen molar-refractivity contribution in [2.45, 2.75) is 41.5 Å². The molecule has 0 aliphatic carbocycles. The van der Waals surface area contributed by atoms with Crippen LogP contribution in [0.15, 0.2) is 167 Å². The van der Waals surface area contributed by atoms with Crippen molar-refractivity contribution in [1.29, 1.82) is 0 Å². The number of furan rings is 2. The van der Waals surface area contributed by atoms with Gasteiger partial charge >= 0.3 is 0 Å². The molecule has 2 heterocycles. The van der Waals surface area contributed by atoms with Gasteiger partial charge < -0.3 is 18.6 Å². The van der Waals surface area contributed by atoms with Crippen LogP contribution in [0.3, 0.4) is 0 Å². The summed E-state index contributed by atoms with van der Waals surface area (Å²) in [4.78, 5) is 4.69. The largest absolute Gasteiger partial charge is 0.456 e. The van der Waals surface area contributed by atoms with Crippen molar-refractivity contribution in [3.63, 3.8) is 0 Å². The van der Waals surface area contributed by atoms with Gasteiger partial charge in [-0.05, 0) is 165 Å². The molecule has 0 spiro atoms. The summed E-state index contributed by atoms with van der Waals surface area (Å²) < 4.78 is 13.6. The van der Waals surface area contributed by atoms with E-state index >= 15 is 0 Å². The second kappa shape index (κ2) is 13.6. The first-order chi connectivity index (χ1) is 29.2. The molecule has 60 heavy (non-hydrogen) atoms. The quantitative estimate of drug-likeness (QED) is 0.168. The molecule has 0 radical (unpaired) electrons. The van der Waals surface area contributed by atoms with E-state index in [4.69, 9.17) is 8.83 Å². The van der Waals surface area contributed by atoms with Crippen LogP contribution in [0, 0.1) is 41.5 Å². The summed E-state index contributed by atoms with van der Waals surface area (Å²) in [5.74, 6) is 0. The average Bonchev–Trinajstić information content (AvgIpc) is 3.83. The zero-order valence-corrected chi connectivity index (χ0v) is 34.7. The lowest BCUT2D eigenvalue weighted by atomic mass is 9.96. The molecule has 4 nitrogen and oxygen atoms in total. The van der Waals surface area contributed by atoms with Gasteiger partial charge in [0.1, 0.15) is 22.3 Å². The Kier molecular flexibility index (Phi) is 8.15. The Labute approximate surface area is 349 Å². The third-order valence-corrected chi connectivity index (χ3v) is 12.5. The van der Waals surface area contributed by atoms with Gasteiger partial charge in [0.25, 0.3) is 0 Å². The smallest absolute Gasteiger partial charge is 0.142 e. The molecule has 0 aliphatic rings. The van der Waals surface area contributed by atoms with E-state index in [2.05, 4.69) is 209 Å². The van der Waals surface area contributed by atoms with Gasteiger partial charge in [0.15, 0.2) is 0 Å². The summed E-state index contributed by atoms with van der Waals surface area (Å²) in [5.41, 5.74) is 17.4. The minimum atomic E-state index is 0.875. The maximum atomic E-state index is 6.82. The minimum absolute atomic E-state index is 0.875. The first-order valence-electron chi connectivity index (χ1n) is 20.7. The van der Waals surface area contributed by atoms with Crippen LogP contribution in [0.5, 0.6) is 0 Å². The van der Waals surface area contributed by atoms with Crippen molar-refractivity contribution in [2.75, 3.05) is 9.80 Å². The number of aryl methyl sites for hydroxylation is 6. The van der Waals surface area contributed by atoms with E-state index in [1.54, 1.807) is 0 Å². The fourth-order valence-corrected chi connectivity index (χ4v) is 9.30. The van der Waals surface area contributed by atoms with E-state index < -0.39 is 0 Å². The second-order valence-corrected chi connectivity index (χ2v) is 16.5. The number of rotatable bonds is 6. The highest BCUT2D eigenvalue weighted by atomic mass is 16.3. The number of fused-ring (bicyclic) bond motifs is 8. The summed E-state index contributed by atoms with van der Waals surface area (Å²) in [7, 11) is 0. The molecule has 9 aromatic carbocycles. The number of benzene rings is 9. The predicted molar refractivity (Wildman–Crippen MR) is 254 cm³/mol. The Morgan fingerprint density at radius 3 is 1.17 bits per heavy atom. The zero-order valence-electron chi connectivity index (χ0n) is 34.7. The second-order valence-electron chi connectivity index (χ2n) is 16.5. The molecule has 0 N–H and O–H groups in total. The van der Waals surface area contributed by atoms with Crippen LogP contribution in [0.4, 0.5) is 34.1 Å². The molecule has 0 atom stereocenters. The first-order valence-corrected chi connectivity index (χ1v) is 20.7. The Bertz CT molecular complexity index is 3270. The maximum absolute atomic E-state index is 6.82. The van der Waals surface area contributed by atoms with Crippen LogP contribution in [-0.4, -0.2) is 0 Å². The highest BCUT2D eigenvalue weighted by Gasteiger charge is 2.23. The molecular weight excluding hydrogens is 733 g/mol. The van der Waals surface area contributed by atoms with Gasteiger partial charge in [-0.25, -0.2) is 0 Å². The first kappa shape index (κ1) is 35.8. The summed E-state index contributed by atoms with van der Waals surface area (Å²) in [6, 6.07) is 57.2. The van der Waals surface area contributed by atoms with E-state index in [0.717, 1.165) is 94.3 Å². The molecule has 0 saturated heterocycles. The number of hydrogen-bond donors (Lipinski definition) is 0. The molecule has 4 heteroatoms. The van der Waals surface area contributed by atoms with Crippen molar-refractivity contribution < 1.29 is 8.83 Å². The van der Waals surface area contributed by atoms with E-state index in [-0.39, 0.29) is 0 Å². The summed E-state index contributed by atoms with van der Waals surface area (Å²) in [6.45, 7) is 13.0. The van der Waals surface area contributed by atoms with Gasteiger partial charge in [0, 0.05) is 61.2 Å². The standard InChI is InChI=1S/C56H44N2O2/c1-33-15-21-43(22-16-33)57(49-13-9-7-11-35(49)3)45-25-19-39-29-47-51(31-41(39)27-45)59-55-38(6)56-54(37(5)53(47)55)48-30-40-20-26-46(28-42(40)32-52(48)60-56)58(44-23-17-34(2)18-24-44)50-14-10-8-12-36(50)4/h7-32H,1-6H3. The number of nitrogens with zero attached hydrogens (tertiary/aromatic N) is 2. The monoisotopic (exact) mass is 776 g/mol. The van der Waals surface area contributed by atoms with Crippen molar-refractivity contribution in [1.82, 2.24) is 0 Å². The van der Waals surface area contributed by atoms with E-state index in [0.29, 0.717) is 0 Å². The van der Waals surface area contributed by atoms with Crippen molar-refractivity contribution >= 4 is 99.5 Å². The summed E-state index contributed by atoms with van der Waals surface area (Å²) >= 11 is 0. The molecule has 0 aliphatic heterocycles. The highest BCUT2D eigenvalue weighted by molar-refractivity contribution is 6.22. The summed E-state index contributed by atoms with van der Waals surface area (Å²) in [6.07, 6.45) is 0. The van der Waals surface area contributed by atoms with Crippen LogP contribution in [0.25, 0.3) is 65.4 Å². The number of anilines is 6. The number of para-hydroxylation sites is 2. The zero-order chi connectivity index (χ0) is 40.8. The van der Waals surface area contributed by atoms with Gasteiger partial charge in [-0.1, -0.05) is 83.9 Å². The van der Waals surface area contributed by atoms with Crippen molar-refractivity contribution in [3.8, 4) is 0 Å². The van der Waals surface area contributed by atoms with E-state index in [1.165, 1.54) is 38.6 Å². The Balaban J connectivity index is 1.05. The molecule has 0 bridgehead atoms. The molecular formula is C56H44N2O2.